The zero-order valence-electron chi connectivity index (χ0n) is 11.0. The molecule has 1 fully saturated rings. The fourth-order valence-electron chi connectivity index (χ4n) is 2.89. The van der Waals surface area contributed by atoms with E-state index in [2.05, 4.69) is 28.4 Å². The van der Waals surface area contributed by atoms with Crippen LogP contribution < -0.4 is 10.1 Å². The second-order valence-electron chi connectivity index (χ2n) is 5.22. The fourth-order valence-corrected chi connectivity index (χ4v) is 2.89. The predicted molar refractivity (Wildman–Crippen MR) is 74.4 cm³/mol. The zero-order chi connectivity index (χ0) is 12.2. The summed E-state index contributed by atoms with van der Waals surface area (Å²) in [4.78, 5) is 2.49. The molecule has 1 aromatic rings. The highest BCUT2D eigenvalue weighted by Crippen LogP contribution is 2.31. The molecule has 3 heteroatoms. The van der Waals surface area contributed by atoms with Crippen LogP contribution in [0.25, 0.3) is 0 Å². The maximum Gasteiger partial charge on any atom is 0.142 e. The molecule has 0 bridgehead atoms. The van der Waals surface area contributed by atoms with Crippen LogP contribution in [0.3, 0.4) is 0 Å². The summed E-state index contributed by atoms with van der Waals surface area (Å²) >= 11 is 0. The monoisotopic (exact) mass is 246 g/mol. The Kier molecular flexibility index (Phi) is 3.69. The van der Waals surface area contributed by atoms with Gasteiger partial charge in [-0.3, -0.25) is 4.90 Å². The molecule has 98 valence electrons. The Hall–Kier alpha value is -1.22. The first-order valence-corrected chi connectivity index (χ1v) is 7.14. The van der Waals surface area contributed by atoms with Crippen molar-refractivity contribution in [2.45, 2.75) is 25.7 Å². The summed E-state index contributed by atoms with van der Waals surface area (Å²) in [5.74, 6) is 1.03. The van der Waals surface area contributed by atoms with E-state index < -0.39 is 0 Å². The van der Waals surface area contributed by atoms with Crippen LogP contribution in [0, 0.1) is 0 Å². The molecule has 3 rings (SSSR count). The SMILES string of the molecule is c1cc2c(c(OCCN3CCCC3)c1)NCCC2. The molecule has 2 aliphatic rings. The summed E-state index contributed by atoms with van der Waals surface area (Å²) in [5, 5.41) is 3.47. The number of nitrogens with zero attached hydrogens (tertiary/aromatic N) is 1. The van der Waals surface area contributed by atoms with Crippen LogP contribution in [0.5, 0.6) is 5.75 Å². The Balaban J connectivity index is 1.58. The number of benzene rings is 1. The normalized spacial score (nSPS) is 19.3. The van der Waals surface area contributed by atoms with Crippen LogP contribution in [0.15, 0.2) is 18.2 Å². The molecular weight excluding hydrogens is 224 g/mol. The molecule has 0 spiro atoms. The summed E-state index contributed by atoms with van der Waals surface area (Å²) < 4.78 is 5.96. The lowest BCUT2D eigenvalue weighted by atomic mass is 10.0. The lowest BCUT2D eigenvalue weighted by molar-refractivity contribution is 0.238. The summed E-state index contributed by atoms with van der Waals surface area (Å²) in [7, 11) is 0. The van der Waals surface area contributed by atoms with Crippen LogP contribution in [0.2, 0.25) is 0 Å². The van der Waals surface area contributed by atoms with Gasteiger partial charge in [-0.25, -0.2) is 0 Å². The van der Waals surface area contributed by atoms with Gasteiger partial charge in [-0.15, -0.1) is 0 Å². The first-order chi connectivity index (χ1) is 8.93. The van der Waals surface area contributed by atoms with Gasteiger partial charge < -0.3 is 10.1 Å². The van der Waals surface area contributed by atoms with Crippen molar-refractivity contribution in [3.8, 4) is 5.75 Å². The third-order valence-electron chi connectivity index (χ3n) is 3.90. The quantitative estimate of drug-likeness (QED) is 0.883. The number of likely N-dealkylation sites (tertiary alicyclic amines) is 1. The van der Waals surface area contributed by atoms with Gasteiger partial charge in [-0.1, -0.05) is 12.1 Å². The molecule has 1 saturated heterocycles. The van der Waals surface area contributed by atoms with E-state index in [9.17, 15) is 0 Å². The van der Waals surface area contributed by atoms with Gasteiger partial charge in [-0.2, -0.15) is 0 Å². The minimum absolute atomic E-state index is 0.804. The topological polar surface area (TPSA) is 24.5 Å². The first-order valence-electron chi connectivity index (χ1n) is 7.14. The lowest BCUT2D eigenvalue weighted by Gasteiger charge is -2.22. The minimum Gasteiger partial charge on any atom is -0.490 e. The van der Waals surface area contributed by atoms with Gasteiger partial charge >= 0.3 is 0 Å². The van der Waals surface area contributed by atoms with Crippen LogP contribution in [-0.2, 0) is 6.42 Å². The van der Waals surface area contributed by atoms with Gasteiger partial charge in [-0.05, 0) is 50.4 Å². The number of rotatable bonds is 4. The number of nitrogens with one attached hydrogen (secondary N) is 1. The van der Waals surface area contributed by atoms with Gasteiger partial charge in [0, 0.05) is 13.1 Å². The third-order valence-corrected chi connectivity index (χ3v) is 3.90. The standard InChI is InChI=1S/C15H22N2O/c1-2-10-17(9-1)11-12-18-14-7-3-5-13-6-4-8-16-15(13)14/h3,5,7,16H,1-2,4,6,8-12H2. The number of ether oxygens (including phenoxy) is 1. The van der Waals surface area contributed by atoms with E-state index in [0.717, 1.165) is 25.4 Å². The number of para-hydroxylation sites is 1. The molecule has 1 N–H and O–H groups in total. The van der Waals surface area contributed by atoms with Crippen molar-refractivity contribution in [3.63, 3.8) is 0 Å². The summed E-state index contributed by atoms with van der Waals surface area (Å²) in [6, 6.07) is 6.40. The molecule has 2 heterocycles. The molecule has 18 heavy (non-hydrogen) atoms. The molecular formula is C15H22N2O. The maximum atomic E-state index is 5.96. The second-order valence-corrected chi connectivity index (χ2v) is 5.22. The summed E-state index contributed by atoms with van der Waals surface area (Å²) in [6.45, 7) is 5.42. The first kappa shape index (κ1) is 11.8. The van der Waals surface area contributed by atoms with E-state index in [4.69, 9.17) is 4.74 Å². The smallest absolute Gasteiger partial charge is 0.142 e. The number of fused-ring (bicyclic) bond motifs is 1. The van der Waals surface area contributed by atoms with Crippen molar-refractivity contribution >= 4 is 5.69 Å². The van der Waals surface area contributed by atoms with Crippen LogP contribution in [0.1, 0.15) is 24.8 Å². The highest BCUT2D eigenvalue weighted by atomic mass is 16.5. The molecule has 0 radical (unpaired) electrons. The van der Waals surface area contributed by atoms with Crippen molar-refractivity contribution in [2.24, 2.45) is 0 Å². The third kappa shape index (κ3) is 2.61. The van der Waals surface area contributed by atoms with Crippen molar-refractivity contribution < 1.29 is 4.74 Å². The van der Waals surface area contributed by atoms with Crippen LogP contribution in [-0.4, -0.2) is 37.7 Å². The minimum atomic E-state index is 0.804. The Morgan fingerprint density at radius 1 is 1.17 bits per heavy atom. The average molecular weight is 246 g/mol. The van der Waals surface area contributed by atoms with E-state index in [1.165, 1.54) is 50.0 Å². The number of hydrogen-bond acceptors (Lipinski definition) is 3. The zero-order valence-corrected chi connectivity index (χ0v) is 11.0. The van der Waals surface area contributed by atoms with Crippen molar-refractivity contribution in [1.82, 2.24) is 4.90 Å². The molecule has 0 aliphatic carbocycles. The molecule has 0 saturated carbocycles. The molecule has 2 aliphatic heterocycles. The van der Waals surface area contributed by atoms with Gasteiger partial charge in [0.05, 0.1) is 5.69 Å². The molecule has 0 amide bonds. The van der Waals surface area contributed by atoms with Crippen LogP contribution in [0.4, 0.5) is 5.69 Å². The van der Waals surface area contributed by atoms with Gasteiger partial charge in [0.15, 0.2) is 0 Å². The Morgan fingerprint density at radius 2 is 2.06 bits per heavy atom. The molecule has 0 atom stereocenters. The summed E-state index contributed by atoms with van der Waals surface area (Å²) in [5.41, 5.74) is 2.63. The van der Waals surface area contributed by atoms with Gasteiger partial charge in [0.2, 0.25) is 0 Å². The molecule has 0 unspecified atom stereocenters. The Labute approximate surface area is 109 Å². The number of aryl methyl sites for hydroxylation is 1. The fraction of sp³-hybridized carbons (Fsp3) is 0.600. The highest BCUT2D eigenvalue weighted by molar-refractivity contribution is 5.63. The molecule has 3 nitrogen and oxygen atoms in total. The van der Waals surface area contributed by atoms with E-state index in [1.54, 1.807) is 0 Å². The molecule has 1 aromatic carbocycles. The van der Waals surface area contributed by atoms with Crippen molar-refractivity contribution in [3.05, 3.63) is 23.8 Å². The maximum absolute atomic E-state index is 5.96. The van der Waals surface area contributed by atoms with E-state index in [1.807, 2.05) is 0 Å². The average Bonchev–Trinajstić information content (AvgIpc) is 2.92. The van der Waals surface area contributed by atoms with E-state index >= 15 is 0 Å². The van der Waals surface area contributed by atoms with E-state index in [-0.39, 0.29) is 0 Å². The van der Waals surface area contributed by atoms with Crippen LogP contribution >= 0.6 is 0 Å². The number of anilines is 1. The van der Waals surface area contributed by atoms with Crippen molar-refractivity contribution in [2.75, 3.05) is 38.1 Å². The van der Waals surface area contributed by atoms with Crippen molar-refractivity contribution in [1.29, 1.82) is 0 Å². The second kappa shape index (κ2) is 5.61. The Bertz CT molecular complexity index is 399. The lowest BCUT2D eigenvalue weighted by Crippen LogP contribution is -2.25. The highest BCUT2D eigenvalue weighted by Gasteiger charge is 2.14. The summed E-state index contributed by atoms with van der Waals surface area (Å²) in [6.07, 6.45) is 5.10. The van der Waals surface area contributed by atoms with Gasteiger partial charge in [0.1, 0.15) is 12.4 Å². The number of hydrogen-bond donors (Lipinski definition) is 1. The van der Waals surface area contributed by atoms with E-state index in [0.29, 0.717) is 0 Å². The van der Waals surface area contributed by atoms with Gasteiger partial charge in [0.25, 0.3) is 0 Å². The molecule has 0 aromatic heterocycles. The largest absolute Gasteiger partial charge is 0.490 e. The predicted octanol–water partition coefficient (Wildman–Crippen LogP) is 2.52. The Morgan fingerprint density at radius 3 is 2.94 bits per heavy atom.